The zero-order valence-electron chi connectivity index (χ0n) is 10.4. The Morgan fingerprint density at radius 2 is 1.80 bits per heavy atom. The van der Waals surface area contributed by atoms with Gasteiger partial charge in [0, 0.05) is 10.6 Å². The van der Waals surface area contributed by atoms with Gasteiger partial charge in [-0.05, 0) is 29.8 Å². The highest BCUT2D eigenvalue weighted by molar-refractivity contribution is 9.09. The van der Waals surface area contributed by atoms with E-state index in [1.54, 1.807) is 12.1 Å². The molecule has 1 aliphatic rings. The Bertz CT molecular complexity index is 648. The van der Waals surface area contributed by atoms with E-state index >= 15 is 0 Å². The van der Waals surface area contributed by atoms with Gasteiger partial charge in [0.1, 0.15) is 19.0 Å². The van der Waals surface area contributed by atoms with Crippen LogP contribution in [0.15, 0.2) is 36.4 Å². The molecule has 5 heteroatoms. The Morgan fingerprint density at radius 3 is 2.55 bits per heavy atom. The van der Waals surface area contributed by atoms with Crippen LogP contribution in [0.25, 0.3) is 0 Å². The van der Waals surface area contributed by atoms with Crippen LogP contribution in [0.1, 0.15) is 16.0 Å². The average molecular weight is 358 g/mol. The fourth-order valence-electron chi connectivity index (χ4n) is 2.10. The number of alkyl halides is 1. The summed E-state index contributed by atoms with van der Waals surface area (Å²) < 4.78 is 25.0. The summed E-state index contributed by atoms with van der Waals surface area (Å²) in [6, 6.07) is 10.2. The van der Waals surface area contributed by atoms with Crippen LogP contribution in [0.5, 0.6) is 11.5 Å². The predicted molar refractivity (Wildman–Crippen MR) is 79.6 cm³/mol. The van der Waals surface area contributed by atoms with Crippen molar-refractivity contribution in [2.24, 2.45) is 0 Å². The minimum Gasteiger partial charge on any atom is -0.486 e. The smallest absolute Gasteiger partial charge is 0.161 e. The Labute approximate surface area is 129 Å². The quantitative estimate of drug-likeness (QED) is 0.723. The maximum atomic E-state index is 14.0. The van der Waals surface area contributed by atoms with E-state index in [4.69, 9.17) is 21.1 Å². The highest BCUT2D eigenvalue weighted by Gasteiger charge is 2.19. The van der Waals surface area contributed by atoms with Crippen molar-refractivity contribution in [2.45, 2.75) is 4.83 Å². The van der Waals surface area contributed by atoms with Crippen LogP contribution in [-0.2, 0) is 0 Å². The third-order valence-electron chi connectivity index (χ3n) is 3.09. The lowest BCUT2D eigenvalue weighted by atomic mass is 10.0. The van der Waals surface area contributed by atoms with Gasteiger partial charge in [0.05, 0.1) is 4.83 Å². The summed E-state index contributed by atoms with van der Waals surface area (Å²) in [5.74, 6) is 1.07. The van der Waals surface area contributed by atoms with Gasteiger partial charge in [-0.2, -0.15) is 0 Å². The second-order valence-corrected chi connectivity index (χ2v) is 5.78. The Kier molecular flexibility index (Phi) is 3.85. The molecule has 0 saturated heterocycles. The maximum absolute atomic E-state index is 14.0. The molecule has 1 heterocycles. The van der Waals surface area contributed by atoms with E-state index in [0.29, 0.717) is 29.5 Å². The molecule has 0 amide bonds. The van der Waals surface area contributed by atoms with Gasteiger partial charge < -0.3 is 9.47 Å². The van der Waals surface area contributed by atoms with Crippen LogP contribution >= 0.6 is 27.5 Å². The molecule has 1 atom stereocenters. The number of ether oxygens (including phenoxy) is 2. The van der Waals surface area contributed by atoms with Gasteiger partial charge in [0.15, 0.2) is 11.5 Å². The second kappa shape index (κ2) is 5.62. The monoisotopic (exact) mass is 356 g/mol. The number of rotatable bonds is 2. The van der Waals surface area contributed by atoms with Crippen molar-refractivity contribution in [3.8, 4) is 11.5 Å². The molecule has 1 aliphatic heterocycles. The third kappa shape index (κ3) is 2.63. The Morgan fingerprint density at radius 1 is 1.05 bits per heavy atom. The maximum Gasteiger partial charge on any atom is 0.161 e. The molecular formula is C15H11BrClFO2. The van der Waals surface area contributed by atoms with E-state index in [1.807, 2.05) is 18.2 Å². The van der Waals surface area contributed by atoms with Crippen molar-refractivity contribution in [1.82, 2.24) is 0 Å². The van der Waals surface area contributed by atoms with Gasteiger partial charge in [-0.3, -0.25) is 0 Å². The van der Waals surface area contributed by atoms with Crippen molar-refractivity contribution in [3.05, 3.63) is 58.4 Å². The Hall–Kier alpha value is -1.26. The summed E-state index contributed by atoms with van der Waals surface area (Å²) in [5, 5.41) is 0.383. The molecule has 0 aromatic heterocycles. The summed E-state index contributed by atoms with van der Waals surface area (Å²) in [6.45, 7) is 1.08. The largest absolute Gasteiger partial charge is 0.486 e. The minimum absolute atomic E-state index is 0.268. The molecule has 0 saturated carbocycles. The first-order valence-corrected chi connectivity index (χ1v) is 7.43. The van der Waals surface area contributed by atoms with Gasteiger partial charge >= 0.3 is 0 Å². The van der Waals surface area contributed by atoms with Crippen molar-refractivity contribution >= 4 is 27.5 Å². The minimum atomic E-state index is -0.339. The first kappa shape index (κ1) is 13.7. The van der Waals surface area contributed by atoms with E-state index < -0.39 is 0 Å². The molecule has 0 fully saturated rings. The van der Waals surface area contributed by atoms with Crippen LogP contribution in [-0.4, -0.2) is 13.2 Å². The summed E-state index contributed by atoms with van der Waals surface area (Å²) in [6.07, 6.45) is 0. The molecule has 2 nitrogen and oxygen atoms in total. The summed E-state index contributed by atoms with van der Waals surface area (Å²) in [4.78, 5) is -0.268. The molecule has 20 heavy (non-hydrogen) atoms. The molecule has 0 bridgehead atoms. The van der Waals surface area contributed by atoms with Crippen molar-refractivity contribution in [1.29, 1.82) is 0 Å². The molecule has 2 aromatic carbocycles. The molecule has 0 radical (unpaired) electrons. The summed E-state index contributed by atoms with van der Waals surface area (Å²) >= 11 is 9.29. The summed E-state index contributed by atoms with van der Waals surface area (Å²) in [5.41, 5.74) is 1.43. The van der Waals surface area contributed by atoms with Gasteiger partial charge in [0.25, 0.3) is 0 Å². The van der Waals surface area contributed by atoms with Crippen LogP contribution < -0.4 is 9.47 Å². The van der Waals surface area contributed by atoms with Crippen LogP contribution in [0, 0.1) is 5.82 Å². The number of benzene rings is 2. The SMILES string of the molecule is Fc1cc(Cl)ccc1C(Br)c1ccc2c(c1)OCCO2. The van der Waals surface area contributed by atoms with Crippen LogP contribution in [0.3, 0.4) is 0 Å². The van der Waals surface area contributed by atoms with Crippen LogP contribution in [0.4, 0.5) is 4.39 Å². The molecule has 104 valence electrons. The fourth-order valence-corrected chi connectivity index (χ4v) is 2.92. The van der Waals surface area contributed by atoms with Crippen LogP contribution in [0.2, 0.25) is 5.02 Å². The second-order valence-electron chi connectivity index (χ2n) is 4.43. The molecule has 3 rings (SSSR count). The topological polar surface area (TPSA) is 18.5 Å². The molecular weight excluding hydrogens is 347 g/mol. The van der Waals surface area contributed by atoms with E-state index in [1.165, 1.54) is 6.07 Å². The number of halogens is 3. The van der Waals surface area contributed by atoms with Crippen molar-refractivity contribution < 1.29 is 13.9 Å². The van der Waals surface area contributed by atoms with Gasteiger partial charge in [-0.1, -0.05) is 39.7 Å². The highest BCUT2D eigenvalue weighted by Crippen LogP contribution is 2.38. The molecule has 0 spiro atoms. The standard InChI is InChI=1S/C15H11BrClFO2/c16-15(11-3-2-10(17)8-12(11)18)9-1-4-13-14(7-9)20-6-5-19-13/h1-4,7-8,15H,5-6H2. The predicted octanol–water partition coefficient (Wildman–Crippen LogP) is 4.73. The molecule has 0 N–H and O–H groups in total. The van der Waals surface area contributed by atoms with E-state index in [9.17, 15) is 4.39 Å². The highest BCUT2D eigenvalue weighted by atomic mass is 79.9. The lowest BCUT2D eigenvalue weighted by Gasteiger charge is -2.20. The first-order valence-electron chi connectivity index (χ1n) is 6.14. The normalized spacial score (nSPS) is 14.9. The molecule has 2 aromatic rings. The zero-order chi connectivity index (χ0) is 14.1. The number of fused-ring (bicyclic) bond motifs is 1. The van der Waals surface area contributed by atoms with E-state index in [-0.39, 0.29) is 10.6 Å². The van der Waals surface area contributed by atoms with Gasteiger partial charge in [-0.15, -0.1) is 0 Å². The van der Waals surface area contributed by atoms with Gasteiger partial charge in [0.2, 0.25) is 0 Å². The van der Waals surface area contributed by atoms with E-state index in [2.05, 4.69) is 15.9 Å². The average Bonchev–Trinajstić information content (AvgIpc) is 2.46. The molecule has 0 aliphatic carbocycles. The van der Waals surface area contributed by atoms with Crippen molar-refractivity contribution in [2.75, 3.05) is 13.2 Å². The van der Waals surface area contributed by atoms with Gasteiger partial charge in [-0.25, -0.2) is 4.39 Å². The number of hydrogen-bond acceptors (Lipinski definition) is 2. The molecule has 1 unspecified atom stereocenters. The summed E-state index contributed by atoms with van der Waals surface area (Å²) in [7, 11) is 0. The number of hydrogen-bond donors (Lipinski definition) is 0. The lowest BCUT2D eigenvalue weighted by Crippen LogP contribution is -2.15. The van der Waals surface area contributed by atoms with E-state index in [0.717, 1.165) is 11.3 Å². The lowest BCUT2D eigenvalue weighted by molar-refractivity contribution is 0.171. The Balaban J connectivity index is 1.95. The third-order valence-corrected chi connectivity index (χ3v) is 4.35. The first-order chi connectivity index (χ1) is 9.65. The fraction of sp³-hybridized carbons (Fsp3) is 0.200. The van der Waals surface area contributed by atoms with Crippen molar-refractivity contribution in [3.63, 3.8) is 0 Å². The zero-order valence-corrected chi connectivity index (χ0v) is 12.7.